The maximum absolute atomic E-state index is 12.0. The van der Waals surface area contributed by atoms with Gasteiger partial charge in [0, 0.05) is 11.5 Å². The van der Waals surface area contributed by atoms with Crippen LogP contribution in [-0.2, 0) is 11.3 Å². The van der Waals surface area contributed by atoms with Crippen molar-refractivity contribution in [3.05, 3.63) is 53.8 Å². The second kappa shape index (κ2) is 5.92. The second-order valence-corrected chi connectivity index (χ2v) is 5.75. The van der Waals surface area contributed by atoms with Gasteiger partial charge in [-0.2, -0.15) is 10.1 Å². The molecule has 1 aliphatic carbocycles. The largest absolute Gasteiger partial charge is 0.464 e. The van der Waals surface area contributed by atoms with E-state index in [9.17, 15) is 4.79 Å². The van der Waals surface area contributed by atoms with Crippen LogP contribution in [0.1, 0.15) is 41.0 Å². The summed E-state index contributed by atoms with van der Waals surface area (Å²) >= 11 is 0. The molecule has 1 fully saturated rings. The van der Waals surface area contributed by atoms with E-state index in [4.69, 9.17) is 9.26 Å². The molecule has 0 N–H and O–H groups in total. The molecule has 2 aromatic heterocycles. The predicted octanol–water partition coefficient (Wildman–Crippen LogP) is 2.65. The van der Waals surface area contributed by atoms with Crippen molar-refractivity contribution in [3.63, 3.8) is 0 Å². The third kappa shape index (κ3) is 2.80. The van der Waals surface area contributed by atoms with Gasteiger partial charge in [0.15, 0.2) is 5.82 Å². The van der Waals surface area contributed by atoms with E-state index in [1.807, 2.05) is 30.3 Å². The number of esters is 1. The van der Waals surface area contributed by atoms with Gasteiger partial charge in [-0.15, -0.1) is 0 Å². The Bertz CT molecular complexity index is 865. The van der Waals surface area contributed by atoms with Gasteiger partial charge in [-0.3, -0.25) is 0 Å². The summed E-state index contributed by atoms with van der Waals surface area (Å²) in [6.45, 7) is 0.257. The van der Waals surface area contributed by atoms with Gasteiger partial charge in [0.05, 0.1) is 12.8 Å². The Labute approximate surface area is 138 Å². The van der Waals surface area contributed by atoms with E-state index >= 15 is 0 Å². The molecule has 0 bridgehead atoms. The van der Waals surface area contributed by atoms with Gasteiger partial charge < -0.3 is 9.26 Å². The Kier molecular flexibility index (Phi) is 3.60. The van der Waals surface area contributed by atoms with E-state index in [1.54, 1.807) is 10.7 Å². The lowest BCUT2D eigenvalue weighted by Gasteiger charge is -2.02. The third-order valence-corrected chi connectivity index (χ3v) is 3.95. The topological polar surface area (TPSA) is 83.0 Å². The molecule has 1 aliphatic rings. The first-order valence-electron chi connectivity index (χ1n) is 7.78. The average molecular weight is 324 g/mol. The molecular weight excluding hydrogens is 308 g/mol. The Balaban J connectivity index is 1.66. The van der Waals surface area contributed by atoms with E-state index in [1.165, 1.54) is 7.11 Å². The van der Waals surface area contributed by atoms with Crippen LogP contribution >= 0.6 is 0 Å². The van der Waals surface area contributed by atoms with E-state index in [0.717, 1.165) is 18.4 Å². The zero-order chi connectivity index (χ0) is 16.5. The van der Waals surface area contributed by atoms with Crippen molar-refractivity contribution in [2.45, 2.75) is 25.3 Å². The number of benzene rings is 1. The average Bonchev–Trinajstić information content (AvgIpc) is 3.22. The first-order valence-corrected chi connectivity index (χ1v) is 7.78. The number of rotatable bonds is 5. The van der Waals surface area contributed by atoms with E-state index in [0.29, 0.717) is 29.0 Å². The fraction of sp³-hybridized carbons (Fsp3) is 0.294. The minimum absolute atomic E-state index is 0.257. The van der Waals surface area contributed by atoms with Crippen molar-refractivity contribution >= 4 is 5.97 Å². The molecular formula is C17H16N4O3. The van der Waals surface area contributed by atoms with Crippen LogP contribution in [0.5, 0.6) is 0 Å². The van der Waals surface area contributed by atoms with Crippen LogP contribution in [0.15, 0.2) is 40.9 Å². The van der Waals surface area contributed by atoms with Crippen LogP contribution < -0.4 is 0 Å². The summed E-state index contributed by atoms with van der Waals surface area (Å²) < 4.78 is 11.7. The molecule has 0 spiro atoms. The first-order chi connectivity index (χ1) is 11.7. The highest BCUT2D eigenvalue weighted by molar-refractivity contribution is 5.89. The molecule has 0 saturated heterocycles. The van der Waals surface area contributed by atoms with Gasteiger partial charge in [-0.1, -0.05) is 35.5 Å². The number of carbonyl (C=O) groups excluding carboxylic acids is 1. The summed E-state index contributed by atoms with van der Waals surface area (Å²) in [7, 11) is 1.35. The van der Waals surface area contributed by atoms with Crippen LogP contribution in [0, 0.1) is 0 Å². The van der Waals surface area contributed by atoms with Crippen molar-refractivity contribution in [2.75, 3.05) is 7.11 Å². The third-order valence-electron chi connectivity index (χ3n) is 3.95. The van der Waals surface area contributed by atoms with Crippen LogP contribution in [0.4, 0.5) is 0 Å². The van der Waals surface area contributed by atoms with Crippen LogP contribution in [0.2, 0.25) is 0 Å². The highest BCUT2D eigenvalue weighted by atomic mass is 16.5. The van der Waals surface area contributed by atoms with Crippen molar-refractivity contribution in [2.24, 2.45) is 0 Å². The Morgan fingerprint density at radius 2 is 2.12 bits per heavy atom. The van der Waals surface area contributed by atoms with Crippen molar-refractivity contribution in [1.29, 1.82) is 0 Å². The number of nitrogens with zero attached hydrogens (tertiary/aromatic N) is 4. The number of hydrogen-bond donors (Lipinski definition) is 0. The fourth-order valence-corrected chi connectivity index (χ4v) is 2.52. The van der Waals surface area contributed by atoms with Crippen molar-refractivity contribution in [1.82, 2.24) is 19.9 Å². The van der Waals surface area contributed by atoms with Gasteiger partial charge in [-0.05, 0) is 18.9 Å². The summed E-state index contributed by atoms with van der Waals surface area (Å²) in [5.74, 6) is 1.12. The zero-order valence-electron chi connectivity index (χ0n) is 13.2. The Morgan fingerprint density at radius 1 is 1.33 bits per heavy atom. The minimum atomic E-state index is -0.449. The lowest BCUT2D eigenvalue weighted by molar-refractivity contribution is 0.0587. The molecule has 0 unspecified atom stereocenters. The molecule has 1 aromatic carbocycles. The summed E-state index contributed by atoms with van der Waals surface area (Å²) in [5, 5.41) is 8.49. The van der Waals surface area contributed by atoms with Gasteiger partial charge in [0.2, 0.25) is 5.89 Å². The molecule has 0 atom stereocenters. The molecule has 0 radical (unpaired) electrons. The number of carbonyl (C=O) groups is 1. The van der Waals surface area contributed by atoms with E-state index in [-0.39, 0.29) is 6.54 Å². The number of methoxy groups -OCH3 is 1. The smallest absolute Gasteiger partial charge is 0.356 e. The highest BCUT2D eigenvalue weighted by Crippen LogP contribution is 2.38. The number of aromatic nitrogens is 4. The minimum Gasteiger partial charge on any atom is -0.464 e. The molecule has 24 heavy (non-hydrogen) atoms. The normalized spacial score (nSPS) is 13.9. The fourth-order valence-electron chi connectivity index (χ4n) is 2.52. The maximum Gasteiger partial charge on any atom is 0.356 e. The predicted molar refractivity (Wildman–Crippen MR) is 84.4 cm³/mol. The van der Waals surface area contributed by atoms with Gasteiger partial charge >= 0.3 is 5.97 Å². The standard InChI is InChI=1S/C17H16N4O3/c1-23-17(22)14-9-13(11-5-3-2-4-6-11)19-21(14)10-15-18-16(24-20-15)12-7-8-12/h2-6,9,12H,7-8,10H2,1H3. The molecule has 7 heteroatoms. The molecule has 0 aliphatic heterocycles. The Morgan fingerprint density at radius 3 is 2.83 bits per heavy atom. The molecule has 7 nitrogen and oxygen atoms in total. The van der Waals surface area contributed by atoms with Gasteiger partial charge in [-0.25, -0.2) is 9.48 Å². The molecule has 2 heterocycles. The summed E-state index contributed by atoms with van der Waals surface area (Å²) in [5.41, 5.74) is 1.98. The molecule has 0 amide bonds. The summed E-state index contributed by atoms with van der Waals surface area (Å²) in [6, 6.07) is 11.4. The molecule has 4 rings (SSSR count). The van der Waals surface area contributed by atoms with Gasteiger partial charge in [0.1, 0.15) is 12.2 Å². The van der Waals surface area contributed by atoms with Crippen LogP contribution in [0.3, 0.4) is 0 Å². The number of ether oxygens (including phenoxy) is 1. The van der Waals surface area contributed by atoms with Gasteiger partial charge in [0.25, 0.3) is 0 Å². The second-order valence-electron chi connectivity index (χ2n) is 5.75. The zero-order valence-corrected chi connectivity index (χ0v) is 13.2. The molecule has 122 valence electrons. The van der Waals surface area contributed by atoms with Crippen molar-refractivity contribution < 1.29 is 14.1 Å². The molecule has 3 aromatic rings. The number of hydrogen-bond acceptors (Lipinski definition) is 6. The lowest BCUT2D eigenvalue weighted by atomic mass is 10.1. The van der Waals surface area contributed by atoms with Crippen LogP contribution in [-0.4, -0.2) is 33.0 Å². The molecule has 1 saturated carbocycles. The highest BCUT2D eigenvalue weighted by Gasteiger charge is 2.30. The quantitative estimate of drug-likeness (QED) is 0.671. The summed E-state index contributed by atoms with van der Waals surface area (Å²) in [6.07, 6.45) is 2.18. The van der Waals surface area contributed by atoms with E-state index in [2.05, 4.69) is 15.2 Å². The SMILES string of the molecule is COC(=O)c1cc(-c2ccccc2)nn1Cc1noc(C2CC2)n1. The lowest BCUT2D eigenvalue weighted by Crippen LogP contribution is -2.13. The van der Waals surface area contributed by atoms with Crippen LogP contribution in [0.25, 0.3) is 11.3 Å². The maximum atomic E-state index is 12.0. The van der Waals surface area contributed by atoms with E-state index < -0.39 is 5.97 Å². The Hall–Kier alpha value is -2.96. The van der Waals surface area contributed by atoms with Crippen molar-refractivity contribution in [3.8, 4) is 11.3 Å². The monoisotopic (exact) mass is 324 g/mol. The summed E-state index contributed by atoms with van der Waals surface area (Å²) in [4.78, 5) is 16.4. The first kappa shape index (κ1) is 14.6.